The third-order valence-electron chi connectivity index (χ3n) is 5.58. The van der Waals surface area contributed by atoms with Gasteiger partial charge in [-0.25, -0.2) is 9.37 Å². The predicted octanol–water partition coefficient (Wildman–Crippen LogP) is 5.06. The van der Waals surface area contributed by atoms with Crippen LogP contribution in [0.25, 0.3) is 5.69 Å². The summed E-state index contributed by atoms with van der Waals surface area (Å²) in [5.41, 5.74) is 2.23. The number of nitrogens with one attached hydrogen (secondary N) is 2. The van der Waals surface area contributed by atoms with Crippen LogP contribution in [0.4, 0.5) is 21.7 Å². The molecule has 0 bridgehead atoms. The fourth-order valence-electron chi connectivity index (χ4n) is 3.62. The number of aromatic nitrogens is 5. The number of terminal acetylenes is 1. The van der Waals surface area contributed by atoms with Crippen LogP contribution in [0.15, 0.2) is 30.7 Å². The fraction of sp³-hybridized carbons (Fsp3) is 0.423. The Morgan fingerprint density at radius 2 is 1.89 bits per heavy atom. The predicted molar refractivity (Wildman–Crippen MR) is 135 cm³/mol. The van der Waals surface area contributed by atoms with Crippen molar-refractivity contribution < 1.29 is 9.18 Å². The molecule has 3 aromatic rings. The molecular formula is C26H32FN7O. The normalized spacial score (nSPS) is 13.1. The van der Waals surface area contributed by atoms with E-state index in [0.29, 0.717) is 30.0 Å². The Balaban J connectivity index is 1.80. The molecule has 0 aromatic carbocycles. The average molecular weight is 478 g/mol. The van der Waals surface area contributed by atoms with Crippen LogP contribution in [-0.4, -0.2) is 36.8 Å². The molecule has 0 saturated heterocycles. The van der Waals surface area contributed by atoms with Gasteiger partial charge in [0, 0.05) is 18.9 Å². The van der Waals surface area contributed by atoms with E-state index in [2.05, 4.69) is 36.7 Å². The van der Waals surface area contributed by atoms with Gasteiger partial charge in [0.2, 0.25) is 0 Å². The van der Waals surface area contributed by atoms with E-state index in [1.54, 1.807) is 18.6 Å². The van der Waals surface area contributed by atoms with Crippen molar-refractivity contribution >= 4 is 23.1 Å². The lowest BCUT2D eigenvalue weighted by Gasteiger charge is -2.24. The first kappa shape index (κ1) is 25.8. The van der Waals surface area contributed by atoms with Gasteiger partial charge in [-0.1, -0.05) is 33.6 Å². The van der Waals surface area contributed by atoms with Crippen LogP contribution < -0.4 is 10.6 Å². The van der Waals surface area contributed by atoms with E-state index < -0.39 is 5.82 Å². The number of pyridine rings is 2. The van der Waals surface area contributed by atoms with Gasteiger partial charge in [-0.15, -0.1) is 11.2 Å². The van der Waals surface area contributed by atoms with E-state index >= 15 is 0 Å². The molecule has 8 nitrogen and oxygen atoms in total. The van der Waals surface area contributed by atoms with Crippen molar-refractivity contribution in [1.29, 1.82) is 0 Å². The van der Waals surface area contributed by atoms with E-state index in [4.69, 9.17) is 6.42 Å². The Labute approximate surface area is 205 Å². The molecule has 1 unspecified atom stereocenters. The lowest BCUT2D eigenvalue weighted by molar-refractivity contribution is -0.121. The quantitative estimate of drug-likeness (QED) is 0.416. The van der Waals surface area contributed by atoms with Crippen LogP contribution in [0.3, 0.4) is 0 Å². The molecule has 2 atom stereocenters. The Morgan fingerprint density at radius 1 is 1.20 bits per heavy atom. The minimum Gasteiger partial charge on any atom is -0.365 e. The van der Waals surface area contributed by atoms with Gasteiger partial charge in [-0.3, -0.25) is 9.78 Å². The average Bonchev–Trinajstić information content (AvgIpc) is 3.30. The smallest absolute Gasteiger partial charge is 0.166 e. The molecule has 3 heterocycles. The highest BCUT2D eigenvalue weighted by Crippen LogP contribution is 2.27. The molecule has 35 heavy (non-hydrogen) atoms. The number of halogens is 1. The number of ketones is 1. The Morgan fingerprint density at radius 3 is 2.51 bits per heavy atom. The van der Waals surface area contributed by atoms with Gasteiger partial charge in [-0.05, 0) is 37.3 Å². The van der Waals surface area contributed by atoms with Crippen molar-refractivity contribution in [3.05, 3.63) is 47.8 Å². The Hall–Kier alpha value is -3.80. The first-order valence-electron chi connectivity index (χ1n) is 11.5. The lowest BCUT2D eigenvalue weighted by Crippen LogP contribution is -2.28. The highest BCUT2D eigenvalue weighted by atomic mass is 19.1. The number of Topliss-reactive ketones (excluding diaryl/α,β-unsaturated/α-hetero) is 1. The number of carbonyl (C=O) groups excluding carboxylic acids is 1. The van der Waals surface area contributed by atoms with Gasteiger partial charge in [0.15, 0.2) is 11.6 Å². The minimum absolute atomic E-state index is 0.0137. The summed E-state index contributed by atoms with van der Waals surface area (Å²) in [6.45, 7) is 11.8. The van der Waals surface area contributed by atoms with Crippen LogP contribution in [-0.2, 0) is 4.79 Å². The largest absolute Gasteiger partial charge is 0.365 e. The fourth-order valence-corrected chi connectivity index (χ4v) is 3.62. The van der Waals surface area contributed by atoms with Crippen LogP contribution in [0.2, 0.25) is 0 Å². The summed E-state index contributed by atoms with van der Waals surface area (Å²) in [6.07, 6.45) is 11.3. The molecule has 0 spiro atoms. The Kier molecular flexibility index (Phi) is 7.85. The second-order valence-electron chi connectivity index (χ2n) is 10.0. The van der Waals surface area contributed by atoms with E-state index in [0.717, 1.165) is 5.69 Å². The molecule has 3 aromatic heterocycles. The van der Waals surface area contributed by atoms with Crippen molar-refractivity contribution in [2.45, 2.75) is 60.4 Å². The Bertz CT molecular complexity index is 1230. The van der Waals surface area contributed by atoms with Crippen molar-refractivity contribution in [1.82, 2.24) is 25.0 Å². The van der Waals surface area contributed by atoms with Crippen LogP contribution >= 0.6 is 0 Å². The third-order valence-corrected chi connectivity index (χ3v) is 5.58. The number of anilines is 3. The number of nitrogens with zero attached hydrogens (tertiary/aromatic N) is 5. The molecule has 0 amide bonds. The summed E-state index contributed by atoms with van der Waals surface area (Å²) in [7, 11) is 0. The van der Waals surface area contributed by atoms with Crippen molar-refractivity contribution in [2.75, 3.05) is 10.6 Å². The molecule has 0 aliphatic carbocycles. The second-order valence-corrected chi connectivity index (χ2v) is 10.0. The maximum Gasteiger partial charge on any atom is 0.166 e. The molecule has 0 saturated carbocycles. The maximum absolute atomic E-state index is 14.8. The standard InChI is InChI=1S/C26H32FN7O/c1-8-19-12-22(27)25(31-17(3)16(2)11-21(35)14-26(5,6)7)33-24(19)32-20-13-23(18(4)28-15-20)34-29-9-10-30-34/h1,9-10,12-13,15-17H,11,14H2,2-7H3,(H2,31,32,33)/t16-,17?/m1/s1. The zero-order valence-corrected chi connectivity index (χ0v) is 21.1. The topological polar surface area (TPSA) is 97.6 Å². The summed E-state index contributed by atoms with van der Waals surface area (Å²) in [5.74, 6) is 2.45. The zero-order valence-electron chi connectivity index (χ0n) is 21.1. The van der Waals surface area contributed by atoms with E-state index in [1.165, 1.54) is 10.9 Å². The molecule has 0 radical (unpaired) electrons. The van der Waals surface area contributed by atoms with Crippen LogP contribution in [0.1, 0.15) is 58.7 Å². The van der Waals surface area contributed by atoms with Crippen LogP contribution in [0.5, 0.6) is 0 Å². The van der Waals surface area contributed by atoms with Crippen molar-refractivity contribution in [3.63, 3.8) is 0 Å². The van der Waals surface area contributed by atoms with E-state index in [-0.39, 0.29) is 34.5 Å². The van der Waals surface area contributed by atoms with Gasteiger partial charge >= 0.3 is 0 Å². The van der Waals surface area contributed by atoms with Gasteiger partial charge in [0.1, 0.15) is 17.3 Å². The SMILES string of the molecule is C#Cc1cc(F)c(NC(C)[C@H](C)CC(=O)CC(C)(C)C)nc1Nc1cnc(C)c(-n2nccn2)c1. The molecule has 0 aliphatic rings. The number of hydrogen-bond acceptors (Lipinski definition) is 7. The molecule has 184 valence electrons. The highest BCUT2D eigenvalue weighted by Gasteiger charge is 2.22. The molecule has 0 fully saturated rings. The number of carbonyl (C=O) groups is 1. The zero-order chi connectivity index (χ0) is 25.8. The summed E-state index contributed by atoms with van der Waals surface area (Å²) in [4.78, 5) is 22.7. The summed E-state index contributed by atoms with van der Waals surface area (Å²) < 4.78 is 14.8. The summed E-state index contributed by atoms with van der Waals surface area (Å²) >= 11 is 0. The second kappa shape index (κ2) is 10.6. The van der Waals surface area contributed by atoms with E-state index in [9.17, 15) is 9.18 Å². The lowest BCUT2D eigenvalue weighted by atomic mass is 9.86. The monoisotopic (exact) mass is 477 g/mol. The summed E-state index contributed by atoms with van der Waals surface area (Å²) in [6, 6.07) is 2.88. The molecule has 0 aliphatic heterocycles. The van der Waals surface area contributed by atoms with Gasteiger partial charge in [0.05, 0.1) is 35.5 Å². The highest BCUT2D eigenvalue weighted by molar-refractivity contribution is 5.79. The molecule has 9 heteroatoms. The van der Waals surface area contributed by atoms with Gasteiger partial charge in [-0.2, -0.15) is 10.2 Å². The van der Waals surface area contributed by atoms with Gasteiger partial charge in [0.25, 0.3) is 0 Å². The third kappa shape index (κ3) is 6.85. The van der Waals surface area contributed by atoms with Gasteiger partial charge < -0.3 is 10.6 Å². The first-order valence-corrected chi connectivity index (χ1v) is 11.5. The number of aryl methyl sites for hydroxylation is 1. The van der Waals surface area contributed by atoms with Crippen molar-refractivity contribution in [2.24, 2.45) is 11.3 Å². The number of hydrogen-bond donors (Lipinski definition) is 2. The van der Waals surface area contributed by atoms with Crippen molar-refractivity contribution in [3.8, 4) is 18.0 Å². The maximum atomic E-state index is 14.8. The van der Waals surface area contributed by atoms with E-state index in [1.807, 2.05) is 47.6 Å². The molecule has 2 N–H and O–H groups in total. The minimum atomic E-state index is -0.563. The van der Waals surface area contributed by atoms with Crippen LogP contribution in [0, 0.1) is 36.4 Å². The molecule has 3 rings (SSSR count). The molecular weight excluding hydrogens is 445 g/mol. The first-order chi connectivity index (χ1) is 16.5. The number of rotatable bonds is 9. The summed E-state index contributed by atoms with van der Waals surface area (Å²) in [5, 5.41) is 14.5.